The van der Waals surface area contributed by atoms with Gasteiger partial charge in [-0.1, -0.05) is 6.08 Å². The van der Waals surface area contributed by atoms with Crippen molar-refractivity contribution in [3.8, 4) is 0 Å². The molecule has 0 aromatic heterocycles. The van der Waals surface area contributed by atoms with Crippen LogP contribution in [0.2, 0.25) is 0 Å². The van der Waals surface area contributed by atoms with E-state index in [1.54, 1.807) is 6.08 Å². The van der Waals surface area contributed by atoms with Gasteiger partial charge in [0.2, 0.25) is 5.91 Å². The van der Waals surface area contributed by atoms with Gasteiger partial charge in [0.1, 0.15) is 0 Å². The number of fused-ring (bicyclic) bond motifs is 1. The van der Waals surface area contributed by atoms with Gasteiger partial charge in [-0.05, 0) is 25.3 Å². The lowest BCUT2D eigenvalue weighted by molar-refractivity contribution is -0.121. The van der Waals surface area contributed by atoms with Gasteiger partial charge in [-0.2, -0.15) is 0 Å². The summed E-state index contributed by atoms with van der Waals surface area (Å²) in [6.45, 7) is 7.91. The third-order valence-electron chi connectivity index (χ3n) is 3.49. The molecule has 90 valence electrons. The molecule has 2 aliphatic rings. The van der Waals surface area contributed by atoms with Crippen LogP contribution in [-0.4, -0.2) is 49.6 Å². The molecule has 0 aliphatic carbocycles. The predicted octanol–water partition coefficient (Wildman–Crippen LogP) is -0.0276. The third kappa shape index (κ3) is 2.83. The van der Waals surface area contributed by atoms with Crippen LogP contribution < -0.4 is 10.6 Å². The van der Waals surface area contributed by atoms with Crippen molar-refractivity contribution in [2.45, 2.75) is 18.9 Å². The summed E-state index contributed by atoms with van der Waals surface area (Å²) in [5, 5.41) is 6.36. The first kappa shape index (κ1) is 11.6. The highest BCUT2D eigenvalue weighted by Crippen LogP contribution is 2.24. The number of piperidine rings is 1. The van der Waals surface area contributed by atoms with E-state index in [9.17, 15) is 4.79 Å². The van der Waals surface area contributed by atoms with E-state index in [2.05, 4.69) is 22.1 Å². The fourth-order valence-electron chi connectivity index (χ4n) is 2.71. The van der Waals surface area contributed by atoms with Gasteiger partial charge in [-0.25, -0.2) is 0 Å². The molecule has 2 saturated heterocycles. The second kappa shape index (κ2) is 5.46. The number of carbonyl (C=O) groups is 1. The molecule has 0 bridgehead atoms. The highest BCUT2D eigenvalue weighted by Gasteiger charge is 2.34. The van der Waals surface area contributed by atoms with Crippen LogP contribution in [0.5, 0.6) is 0 Å². The highest BCUT2D eigenvalue weighted by molar-refractivity contribution is 5.78. The number of likely N-dealkylation sites (tertiary alicyclic amines) is 1. The molecular weight excluding hydrogens is 202 g/mol. The molecule has 2 heterocycles. The number of carbonyl (C=O) groups excluding carboxylic acids is 1. The van der Waals surface area contributed by atoms with Gasteiger partial charge in [-0.15, -0.1) is 6.58 Å². The number of hydrogen-bond acceptors (Lipinski definition) is 3. The first-order valence-corrected chi connectivity index (χ1v) is 6.13. The van der Waals surface area contributed by atoms with E-state index in [1.165, 1.54) is 12.8 Å². The molecule has 2 unspecified atom stereocenters. The quantitative estimate of drug-likeness (QED) is 0.658. The van der Waals surface area contributed by atoms with Crippen molar-refractivity contribution in [3.63, 3.8) is 0 Å². The summed E-state index contributed by atoms with van der Waals surface area (Å²) in [5.41, 5.74) is 0. The van der Waals surface area contributed by atoms with Crippen LogP contribution in [0.25, 0.3) is 0 Å². The van der Waals surface area contributed by atoms with E-state index in [4.69, 9.17) is 0 Å². The molecule has 2 atom stereocenters. The van der Waals surface area contributed by atoms with E-state index in [0.717, 1.165) is 25.6 Å². The molecule has 0 radical (unpaired) electrons. The molecule has 4 heteroatoms. The van der Waals surface area contributed by atoms with Gasteiger partial charge in [0.05, 0.1) is 6.54 Å². The predicted molar refractivity (Wildman–Crippen MR) is 64.2 cm³/mol. The second-order valence-corrected chi connectivity index (χ2v) is 4.75. The lowest BCUT2D eigenvalue weighted by atomic mass is 9.94. The minimum atomic E-state index is 0.110. The summed E-state index contributed by atoms with van der Waals surface area (Å²) >= 11 is 0. The standard InChI is InChI=1S/C12H21N3O/c1-2-5-14-12(16)9-15-7-10-4-3-6-13-11(10)8-15/h2,10-11,13H,1,3-9H2,(H,14,16). The Labute approximate surface area is 97.1 Å². The molecule has 1 amide bonds. The van der Waals surface area contributed by atoms with Crippen molar-refractivity contribution in [1.82, 2.24) is 15.5 Å². The number of amides is 1. The first-order valence-electron chi connectivity index (χ1n) is 6.13. The van der Waals surface area contributed by atoms with E-state index < -0.39 is 0 Å². The van der Waals surface area contributed by atoms with Gasteiger partial charge in [0.25, 0.3) is 0 Å². The maximum atomic E-state index is 11.5. The van der Waals surface area contributed by atoms with Gasteiger partial charge in [0.15, 0.2) is 0 Å². The Balaban J connectivity index is 1.75. The van der Waals surface area contributed by atoms with Gasteiger partial charge < -0.3 is 10.6 Å². The molecule has 16 heavy (non-hydrogen) atoms. The molecule has 0 aromatic rings. The lowest BCUT2D eigenvalue weighted by Gasteiger charge is -2.24. The molecule has 4 nitrogen and oxygen atoms in total. The van der Waals surface area contributed by atoms with Gasteiger partial charge in [0, 0.05) is 25.7 Å². The summed E-state index contributed by atoms with van der Waals surface area (Å²) in [6, 6.07) is 0.612. The Morgan fingerprint density at radius 2 is 2.44 bits per heavy atom. The molecule has 2 rings (SSSR count). The van der Waals surface area contributed by atoms with Crippen LogP contribution in [0.15, 0.2) is 12.7 Å². The fraction of sp³-hybridized carbons (Fsp3) is 0.750. The molecular formula is C12H21N3O. The molecule has 0 spiro atoms. The SMILES string of the molecule is C=CCNC(=O)CN1CC2CCCNC2C1. The normalized spacial score (nSPS) is 29.8. The monoisotopic (exact) mass is 223 g/mol. The van der Waals surface area contributed by atoms with E-state index in [-0.39, 0.29) is 5.91 Å². The summed E-state index contributed by atoms with van der Waals surface area (Å²) in [4.78, 5) is 13.8. The van der Waals surface area contributed by atoms with Crippen LogP contribution in [0.1, 0.15) is 12.8 Å². The van der Waals surface area contributed by atoms with Crippen LogP contribution >= 0.6 is 0 Å². The van der Waals surface area contributed by atoms with Crippen molar-refractivity contribution in [2.24, 2.45) is 5.92 Å². The van der Waals surface area contributed by atoms with Crippen molar-refractivity contribution >= 4 is 5.91 Å². The van der Waals surface area contributed by atoms with Crippen molar-refractivity contribution in [1.29, 1.82) is 0 Å². The Hall–Kier alpha value is -0.870. The van der Waals surface area contributed by atoms with Gasteiger partial charge in [-0.3, -0.25) is 9.69 Å². The van der Waals surface area contributed by atoms with Crippen molar-refractivity contribution in [2.75, 3.05) is 32.7 Å². The number of nitrogens with zero attached hydrogens (tertiary/aromatic N) is 1. The van der Waals surface area contributed by atoms with Crippen LogP contribution in [0, 0.1) is 5.92 Å². The van der Waals surface area contributed by atoms with Crippen molar-refractivity contribution < 1.29 is 4.79 Å². The Bertz CT molecular complexity index is 253. The lowest BCUT2D eigenvalue weighted by Crippen LogP contribution is -2.41. The Kier molecular flexibility index (Phi) is 3.96. The summed E-state index contributed by atoms with van der Waals surface area (Å²) in [6.07, 6.45) is 4.29. The smallest absolute Gasteiger partial charge is 0.234 e. The minimum Gasteiger partial charge on any atom is -0.352 e. The Morgan fingerprint density at radius 1 is 1.56 bits per heavy atom. The zero-order valence-electron chi connectivity index (χ0n) is 9.74. The van der Waals surface area contributed by atoms with Crippen LogP contribution in [0.4, 0.5) is 0 Å². The molecule has 0 aromatic carbocycles. The third-order valence-corrected chi connectivity index (χ3v) is 3.49. The zero-order chi connectivity index (χ0) is 11.4. The number of nitrogens with one attached hydrogen (secondary N) is 2. The van der Waals surface area contributed by atoms with E-state index in [0.29, 0.717) is 19.1 Å². The van der Waals surface area contributed by atoms with Crippen molar-refractivity contribution in [3.05, 3.63) is 12.7 Å². The minimum absolute atomic E-state index is 0.110. The summed E-state index contributed by atoms with van der Waals surface area (Å²) in [7, 11) is 0. The molecule has 0 saturated carbocycles. The summed E-state index contributed by atoms with van der Waals surface area (Å²) in [5.74, 6) is 0.861. The maximum Gasteiger partial charge on any atom is 0.234 e. The average molecular weight is 223 g/mol. The Morgan fingerprint density at radius 3 is 3.19 bits per heavy atom. The zero-order valence-corrected chi connectivity index (χ0v) is 9.74. The summed E-state index contributed by atoms with van der Waals surface area (Å²) < 4.78 is 0. The van der Waals surface area contributed by atoms with Crippen LogP contribution in [0.3, 0.4) is 0 Å². The maximum absolute atomic E-state index is 11.5. The fourth-order valence-corrected chi connectivity index (χ4v) is 2.71. The van der Waals surface area contributed by atoms with Gasteiger partial charge >= 0.3 is 0 Å². The first-order chi connectivity index (χ1) is 7.79. The van der Waals surface area contributed by atoms with E-state index >= 15 is 0 Å². The number of rotatable bonds is 4. The second-order valence-electron chi connectivity index (χ2n) is 4.75. The molecule has 2 fully saturated rings. The van der Waals surface area contributed by atoms with Crippen LogP contribution in [-0.2, 0) is 4.79 Å². The largest absolute Gasteiger partial charge is 0.352 e. The highest BCUT2D eigenvalue weighted by atomic mass is 16.2. The molecule has 2 N–H and O–H groups in total. The number of hydrogen-bond donors (Lipinski definition) is 2. The topological polar surface area (TPSA) is 44.4 Å². The molecule has 2 aliphatic heterocycles. The average Bonchev–Trinajstić information content (AvgIpc) is 2.68. The van der Waals surface area contributed by atoms with E-state index in [1.807, 2.05) is 0 Å².